The monoisotopic (exact) mass is 427 g/mol. The molecule has 158 valence electrons. The van der Waals surface area contributed by atoms with E-state index >= 15 is 0 Å². The Morgan fingerprint density at radius 1 is 1.17 bits per heavy atom. The number of anilines is 1. The van der Waals surface area contributed by atoms with Crippen molar-refractivity contribution in [3.8, 4) is 11.6 Å². The van der Waals surface area contributed by atoms with Crippen LogP contribution < -0.4 is 11.1 Å². The molecule has 1 aromatic carbocycles. The molecule has 0 aliphatic carbocycles. The predicted octanol–water partition coefficient (Wildman–Crippen LogP) is 3.44. The van der Waals surface area contributed by atoms with E-state index < -0.39 is 5.91 Å². The van der Waals surface area contributed by atoms with Gasteiger partial charge in [-0.25, -0.2) is 0 Å². The summed E-state index contributed by atoms with van der Waals surface area (Å²) in [5, 5.41) is 11.8. The number of hydrogen-bond acceptors (Lipinski definition) is 6. The first-order valence-corrected chi connectivity index (χ1v) is 10.5. The summed E-state index contributed by atoms with van der Waals surface area (Å²) in [6.07, 6.45) is 1.67. The van der Waals surface area contributed by atoms with E-state index in [4.69, 9.17) is 10.2 Å². The van der Waals surface area contributed by atoms with Crippen LogP contribution in [0.1, 0.15) is 32.8 Å². The average molecular weight is 428 g/mol. The second-order valence-corrected chi connectivity index (χ2v) is 8.73. The summed E-state index contributed by atoms with van der Waals surface area (Å²) in [6.45, 7) is 6.60. The van der Waals surface area contributed by atoms with Gasteiger partial charge in [-0.1, -0.05) is 50.7 Å². The summed E-state index contributed by atoms with van der Waals surface area (Å²) in [6, 6.07) is 11.3. The molecule has 0 atom stereocenters. The van der Waals surface area contributed by atoms with Crippen LogP contribution >= 0.6 is 11.8 Å². The third-order valence-electron chi connectivity index (χ3n) is 4.38. The number of carbonyl (C=O) groups is 2. The Kier molecular flexibility index (Phi) is 6.61. The molecule has 0 unspecified atom stereocenters. The van der Waals surface area contributed by atoms with Crippen LogP contribution in [0.2, 0.25) is 0 Å². The van der Waals surface area contributed by atoms with Crippen molar-refractivity contribution in [3.63, 3.8) is 0 Å². The van der Waals surface area contributed by atoms with Gasteiger partial charge in [-0.2, -0.15) is 0 Å². The summed E-state index contributed by atoms with van der Waals surface area (Å²) < 4.78 is 7.14. The summed E-state index contributed by atoms with van der Waals surface area (Å²) in [7, 11) is 0. The van der Waals surface area contributed by atoms with Crippen molar-refractivity contribution < 1.29 is 14.0 Å². The first-order chi connectivity index (χ1) is 14.3. The van der Waals surface area contributed by atoms with Gasteiger partial charge in [0.05, 0.1) is 12.0 Å². The highest BCUT2D eigenvalue weighted by Crippen LogP contribution is 2.30. The molecular formula is C21H25N5O3S. The van der Waals surface area contributed by atoms with Crippen LogP contribution in [0.15, 0.2) is 52.2 Å². The van der Waals surface area contributed by atoms with Crippen LogP contribution in [0.25, 0.3) is 11.6 Å². The number of carbonyl (C=O) groups excluding carboxylic acids is 2. The van der Waals surface area contributed by atoms with Crippen LogP contribution in [-0.4, -0.2) is 32.3 Å². The van der Waals surface area contributed by atoms with E-state index in [0.29, 0.717) is 23.3 Å². The Hall–Kier alpha value is -3.07. The highest BCUT2D eigenvalue weighted by Gasteiger charge is 2.20. The fourth-order valence-corrected chi connectivity index (χ4v) is 3.73. The molecule has 8 nitrogen and oxygen atoms in total. The first-order valence-electron chi connectivity index (χ1n) is 9.53. The molecule has 2 heterocycles. The van der Waals surface area contributed by atoms with E-state index in [1.165, 1.54) is 18.0 Å². The summed E-state index contributed by atoms with van der Waals surface area (Å²) in [4.78, 5) is 23.9. The van der Waals surface area contributed by atoms with E-state index in [0.717, 1.165) is 11.3 Å². The Balaban J connectivity index is 1.73. The lowest BCUT2D eigenvalue weighted by Crippen LogP contribution is -2.20. The van der Waals surface area contributed by atoms with Crippen LogP contribution in [-0.2, 0) is 21.5 Å². The third-order valence-corrected chi connectivity index (χ3v) is 5.35. The maximum absolute atomic E-state index is 12.6. The van der Waals surface area contributed by atoms with Gasteiger partial charge in [0.15, 0.2) is 16.7 Å². The van der Waals surface area contributed by atoms with Crippen molar-refractivity contribution in [2.24, 2.45) is 5.73 Å². The largest absolute Gasteiger partial charge is 0.461 e. The minimum atomic E-state index is -0.429. The van der Waals surface area contributed by atoms with Gasteiger partial charge in [-0.05, 0) is 29.2 Å². The number of nitrogens with two attached hydrogens (primary N) is 1. The molecule has 30 heavy (non-hydrogen) atoms. The number of furan rings is 1. The van der Waals surface area contributed by atoms with Gasteiger partial charge in [0, 0.05) is 18.7 Å². The van der Waals surface area contributed by atoms with Gasteiger partial charge in [0.1, 0.15) is 0 Å². The molecule has 0 aliphatic rings. The van der Waals surface area contributed by atoms with E-state index in [2.05, 4.69) is 36.3 Å². The molecule has 0 saturated heterocycles. The maximum Gasteiger partial charge on any atom is 0.234 e. The number of hydrogen-bond donors (Lipinski definition) is 2. The van der Waals surface area contributed by atoms with Crippen molar-refractivity contribution >= 4 is 29.3 Å². The van der Waals surface area contributed by atoms with Crippen LogP contribution in [0, 0.1) is 0 Å². The second kappa shape index (κ2) is 9.17. The first kappa shape index (κ1) is 21.6. The predicted molar refractivity (Wildman–Crippen MR) is 116 cm³/mol. The quantitative estimate of drug-likeness (QED) is 0.532. The lowest BCUT2D eigenvalue weighted by Gasteiger charge is -2.22. The second-order valence-electron chi connectivity index (χ2n) is 7.78. The number of para-hydroxylation sites is 1. The van der Waals surface area contributed by atoms with E-state index in [1.807, 2.05) is 24.3 Å². The van der Waals surface area contributed by atoms with Crippen molar-refractivity contribution in [2.45, 2.75) is 44.3 Å². The minimum absolute atomic E-state index is 0.0934. The lowest BCUT2D eigenvalue weighted by atomic mass is 9.86. The zero-order valence-electron chi connectivity index (χ0n) is 17.2. The molecular weight excluding hydrogens is 402 g/mol. The van der Waals surface area contributed by atoms with Crippen LogP contribution in [0.5, 0.6) is 0 Å². The smallest absolute Gasteiger partial charge is 0.234 e. The number of aromatic nitrogens is 3. The zero-order chi connectivity index (χ0) is 21.7. The van der Waals surface area contributed by atoms with Gasteiger partial charge >= 0.3 is 0 Å². The van der Waals surface area contributed by atoms with Crippen molar-refractivity contribution in [1.29, 1.82) is 0 Å². The fraction of sp³-hybridized carbons (Fsp3) is 0.333. The molecule has 0 spiro atoms. The number of benzene rings is 1. The number of nitrogens with zero attached hydrogens (tertiary/aromatic N) is 3. The molecule has 0 radical (unpaired) electrons. The average Bonchev–Trinajstić information content (AvgIpc) is 3.33. The molecule has 0 fully saturated rings. The molecule has 0 aliphatic heterocycles. The van der Waals surface area contributed by atoms with E-state index in [1.54, 1.807) is 16.7 Å². The summed E-state index contributed by atoms with van der Waals surface area (Å²) >= 11 is 1.24. The molecule has 3 N–H and O–H groups in total. The van der Waals surface area contributed by atoms with Gasteiger partial charge in [-0.3, -0.25) is 14.2 Å². The number of nitrogens with one attached hydrogen (secondary N) is 1. The Bertz CT molecular complexity index is 1020. The molecule has 2 aromatic heterocycles. The van der Waals surface area contributed by atoms with Gasteiger partial charge in [0.2, 0.25) is 11.8 Å². The van der Waals surface area contributed by atoms with Gasteiger partial charge < -0.3 is 15.5 Å². The van der Waals surface area contributed by atoms with E-state index in [9.17, 15) is 9.59 Å². The molecule has 0 bridgehead atoms. The number of thioether (sulfide) groups is 1. The van der Waals surface area contributed by atoms with Crippen LogP contribution in [0.4, 0.5) is 5.69 Å². The van der Waals surface area contributed by atoms with Gasteiger partial charge in [-0.15, -0.1) is 10.2 Å². The van der Waals surface area contributed by atoms with Crippen molar-refractivity contribution in [3.05, 3.63) is 48.2 Å². The Labute approximate surface area is 179 Å². The fourth-order valence-electron chi connectivity index (χ4n) is 2.97. The Morgan fingerprint density at radius 3 is 2.60 bits per heavy atom. The standard InChI is InChI=1S/C21H25N5O3S/c1-21(2,3)14-7-4-5-8-15(14)23-18(28)13-30-20-25-24-19(16-9-6-12-29-16)26(20)11-10-17(22)27/h4-9,12H,10-11,13H2,1-3H3,(H2,22,27)(H,23,28). The number of rotatable bonds is 8. The minimum Gasteiger partial charge on any atom is -0.461 e. The topological polar surface area (TPSA) is 116 Å². The van der Waals surface area contributed by atoms with Crippen LogP contribution in [0.3, 0.4) is 0 Å². The molecule has 3 rings (SSSR count). The lowest BCUT2D eigenvalue weighted by molar-refractivity contribution is -0.118. The maximum atomic E-state index is 12.6. The highest BCUT2D eigenvalue weighted by molar-refractivity contribution is 7.99. The number of amides is 2. The summed E-state index contributed by atoms with van der Waals surface area (Å²) in [5.41, 5.74) is 7.06. The third kappa shape index (κ3) is 5.29. The summed E-state index contributed by atoms with van der Waals surface area (Å²) in [5.74, 6) is 0.581. The molecule has 3 aromatic rings. The normalized spacial score (nSPS) is 11.4. The van der Waals surface area contributed by atoms with E-state index in [-0.39, 0.29) is 23.5 Å². The van der Waals surface area contributed by atoms with Gasteiger partial charge in [0.25, 0.3) is 0 Å². The van der Waals surface area contributed by atoms with Crippen molar-refractivity contribution in [1.82, 2.24) is 14.8 Å². The highest BCUT2D eigenvalue weighted by atomic mass is 32.2. The SMILES string of the molecule is CC(C)(C)c1ccccc1NC(=O)CSc1nnc(-c2ccco2)n1CCC(N)=O. The number of primary amides is 1. The van der Waals surface area contributed by atoms with Crippen molar-refractivity contribution in [2.75, 3.05) is 11.1 Å². The Morgan fingerprint density at radius 2 is 1.93 bits per heavy atom. The zero-order valence-corrected chi connectivity index (χ0v) is 18.0. The molecule has 2 amide bonds. The molecule has 0 saturated carbocycles. The molecule has 9 heteroatoms.